The van der Waals surface area contributed by atoms with Crippen LogP contribution in [0.25, 0.3) is 0 Å². The summed E-state index contributed by atoms with van der Waals surface area (Å²) in [6.45, 7) is 0. The molecule has 0 aromatic heterocycles. The number of allylic oxidation sites excluding steroid dienone is 1. The molecule has 0 saturated heterocycles. The highest BCUT2D eigenvalue weighted by molar-refractivity contribution is 6.37. The second-order valence-electron chi connectivity index (χ2n) is 3.97. The summed E-state index contributed by atoms with van der Waals surface area (Å²) in [6, 6.07) is 0. The van der Waals surface area contributed by atoms with Crippen LogP contribution in [0, 0.1) is 0 Å². The smallest absolute Gasteiger partial charge is 0.356 e. The normalized spacial score (nSPS) is 27.3. The molecule has 17 heavy (non-hydrogen) atoms. The average molecular weight is 239 g/mol. The first kappa shape index (κ1) is 11.6. The molecule has 0 amide bonds. The van der Waals surface area contributed by atoms with Crippen LogP contribution >= 0.6 is 0 Å². The van der Waals surface area contributed by atoms with E-state index >= 15 is 0 Å². The van der Waals surface area contributed by atoms with Gasteiger partial charge >= 0.3 is 5.97 Å². The zero-order valence-electron chi connectivity index (χ0n) is 9.69. The van der Waals surface area contributed by atoms with Crippen LogP contribution in [0.1, 0.15) is 19.3 Å². The number of nitrogens with zero attached hydrogens (tertiary/aromatic N) is 1. The van der Waals surface area contributed by atoms with Crippen molar-refractivity contribution in [2.75, 3.05) is 14.2 Å². The van der Waals surface area contributed by atoms with Gasteiger partial charge in [0.15, 0.2) is 5.71 Å². The van der Waals surface area contributed by atoms with Gasteiger partial charge in [0.2, 0.25) is 11.4 Å². The minimum absolute atomic E-state index is 0.148. The maximum atomic E-state index is 11.9. The van der Waals surface area contributed by atoms with E-state index in [2.05, 4.69) is 9.89 Å². The lowest BCUT2D eigenvalue weighted by molar-refractivity contribution is -0.138. The molecule has 1 aliphatic heterocycles. The molecule has 1 heterocycles. The molecule has 0 aromatic carbocycles. The molecule has 0 N–H and O–H groups in total. The van der Waals surface area contributed by atoms with Crippen LogP contribution in [0.3, 0.4) is 0 Å². The van der Waals surface area contributed by atoms with Crippen molar-refractivity contribution in [3.05, 3.63) is 11.8 Å². The first-order valence-electron chi connectivity index (χ1n) is 5.23. The average Bonchev–Trinajstić information content (AvgIpc) is 2.77. The summed E-state index contributed by atoms with van der Waals surface area (Å²) in [5, 5.41) is 3.64. The summed E-state index contributed by atoms with van der Waals surface area (Å²) >= 11 is 0. The fraction of sp³-hybridized carbons (Fsp3) is 0.545. The van der Waals surface area contributed by atoms with Crippen LogP contribution in [0.4, 0.5) is 0 Å². The number of ether oxygens (including phenoxy) is 2. The number of rotatable bonds is 2. The van der Waals surface area contributed by atoms with E-state index in [1.165, 1.54) is 20.3 Å². The minimum Gasteiger partial charge on any atom is -0.501 e. The summed E-state index contributed by atoms with van der Waals surface area (Å²) in [7, 11) is 2.78. The highest BCUT2D eigenvalue weighted by atomic mass is 16.7. The molecule has 92 valence electrons. The van der Waals surface area contributed by atoms with Crippen molar-refractivity contribution in [2.24, 2.45) is 5.16 Å². The van der Waals surface area contributed by atoms with Gasteiger partial charge in [-0.2, -0.15) is 0 Å². The topological polar surface area (TPSA) is 74.2 Å². The van der Waals surface area contributed by atoms with Gasteiger partial charge in [-0.1, -0.05) is 5.16 Å². The van der Waals surface area contributed by atoms with Crippen molar-refractivity contribution >= 4 is 17.5 Å². The number of carbonyl (C=O) groups is 2. The summed E-state index contributed by atoms with van der Waals surface area (Å²) < 4.78 is 9.56. The maximum Gasteiger partial charge on any atom is 0.356 e. The third kappa shape index (κ3) is 1.90. The molecule has 0 fully saturated rings. The fourth-order valence-electron chi connectivity index (χ4n) is 1.93. The van der Waals surface area contributed by atoms with Crippen LogP contribution in [-0.2, 0) is 23.9 Å². The van der Waals surface area contributed by atoms with Gasteiger partial charge in [0.1, 0.15) is 0 Å². The molecule has 0 aromatic rings. The molecule has 1 aliphatic carbocycles. The Kier molecular flexibility index (Phi) is 2.87. The number of oxime groups is 1. The van der Waals surface area contributed by atoms with Gasteiger partial charge in [-0.25, -0.2) is 4.79 Å². The van der Waals surface area contributed by atoms with Crippen LogP contribution in [0.2, 0.25) is 0 Å². The molecule has 0 saturated carbocycles. The Morgan fingerprint density at radius 1 is 1.53 bits per heavy atom. The highest BCUT2D eigenvalue weighted by Gasteiger charge is 2.49. The lowest BCUT2D eigenvalue weighted by Crippen LogP contribution is -2.41. The summed E-state index contributed by atoms with van der Waals surface area (Å²) in [6.07, 6.45) is 2.60. The monoisotopic (exact) mass is 239 g/mol. The van der Waals surface area contributed by atoms with Crippen LogP contribution in [0.5, 0.6) is 0 Å². The Hall–Kier alpha value is -1.85. The number of esters is 1. The van der Waals surface area contributed by atoms with Gasteiger partial charge in [0.05, 0.1) is 26.4 Å². The largest absolute Gasteiger partial charge is 0.501 e. The van der Waals surface area contributed by atoms with Gasteiger partial charge in [-0.3, -0.25) is 4.79 Å². The van der Waals surface area contributed by atoms with Crippen molar-refractivity contribution in [1.29, 1.82) is 0 Å². The molecule has 1 atom stereocenters. The van der Waals surface area contributed by atoms with Crippen LogP contribution in [-0.4, -0.2) is 37.3 Å². The summed E-state index contributed by atoms with van der Waals surface area (Å²) in [4.78, 5) is 28.4. The lowest BCUT2D eigenvalue weighted by atomic mass is 9.83. The van der Waals surface area contributed by atoms with Crippen LogP contribution in [0.15, 0.2) is 17.0 Å². The lowest BCUT2D eigenvalue weighted by Gasteiger charge is -2.27. The molecule has 2 aliphatic rings. The Morgan fingerprint density at radius 3 is 2.88 bits per heavy atom. The van der Waals surface area contributed by atoms with E-state index in [0.717, 1.165) is 0 Å². The number of carbonyl (C=O) groups excluding carboxylic acids is 2. The second kappa shape index (κ2) is 4.20. The predicted molar refractivity (Wildman–Crippen MR) is 57.2 cm³/mol. The third-order valence-electron chi connectivity index (χ3n) is 2.98. The molecule has 1 spiro atoms. The number of hydrogen-bond acceptors (Lipinski definition) is 6. The van der Waals surface area contributed by atoms with E-state index in [4.69, 9.17) is 9.57 Å². The van der Waals surface area contributed by atoms with E-state index in [9.17, 15) is 9.59 Å². The fourth-order valence-corrected chi connectivity index (χ4v) is 1.93. The SMILES string of the molecule is COC(=O)C1=NOC2(CCC(OC)=CC2=O)C1. The van der Waals surface area contributed by atoms with Crippen LogP contribution < -0.4 is 0 Å². The zero-order valence-corrected chi connectivity index (χ0v) is 9.69. The highest BCUT2D eigenvalue weighted by Crippen LogP contribution is 2.35. The first-order valence-corrected chi connectivity index (χ1v) is 5.23. The predicted octanol–water partition coefficient (Wildman–Crippen LogP) is 0.568. The molecular weight excluding hydrogens is 226 g/mol. The first-order chi connectivity index (χ1) is 8.11. The molecule has 6 nitrogen and oxygen atoms in total. The third-order valence-corrected chi connectivity index (χ3v) is 2.98. The van der Waals surface area contributed by atoms with Gasteiger partial charge in [-0.05, 0) is 0 Å². The Labute approximate surface area is 98.2 Å². The van der Waals surface area contributed by atoms with E-state index in [1.807, 2.05) is 0 Å². The zero-order chi connectivity index (χ0) is 12.5. The molecular formula is C11H13NO5. The molecule has 2 rings (SSSR count). The Morgan fingerprint density at radius 2 is 2.29 bits per heavy atom. The summed E-state index contributed by atoms with van der Waals surface area (Å²) in [5.41, 5.74) is -0.888. The quantitative estimate of drug-likeness (QED) is 0.658. The molecule has 0 radical (unpaired) electrons. The minimum atomic E-state index is -1.04. The molecule has 6 heteroatoms. The Bertz CT molecular complexity index is 426. The summed E-state index contributed by atoms with van der Waals surface area (Å²) in [5.74, 6) is -0.157. The van der Waals surface area contributed by atoms with Gasteiger partial charge in [-0.15, -0.1) is 0 Å². The number of ketones is 1. The van der Waals surface area contributed by atoms with Crippen molar-refractivity contribution in [3.63, 3.8) is 0 Å². The molecule has 1 unspecified atom stereocenters. The Balaban J connectivity index is 2.14. The van der Waals surface area contributed by atoms with E-state index in [0.29, 0.717) is 18.6 Å². The maximum absolute atomic E-state index is 11.9. The van der Waals surface area contributed by atoms with Gasteiger partial charge in [0.25, 0.3) is 0 Å². The van der Waals surface area contributed by atoms with E-state index < -0.39 is 11.6 Å². The van der Waals surface area contributed by atoms with Crippen molar-refractivity contribution in [1.82, 2.24) is 0 Å². The number of methoxy groups -OCH3 is 2. The van der Waals surface area contributed by atoms with E-state index in [1.54, 1.807) is 0 Å². The van der Waals surface area contributed by atoms with E-state index in [-0.39, 0.29) is 17.9 Å². The molecule has 0 bridgehead atoms. The second-order valence-corrected chi connectivity index (χ2v) is 3.97. The van der Waals surface area contributed by atoms with Gasteiger partial charge < -0.3 is 14.3 Å². The van der Waals surface area contributed by atoms with Crippen molar-refractivity contribution in [3.8, 4) is 0 Å². The van der Waals surface area contributed by atoms with Gasteiger partial charge in [0, 0.05) is 18.9 Å². The standard InChI is InChI=1S/C11H13NO5/c1-15-7-3-4-11(9(13)5-7)6-8(12-17-11)10(14)16-2/h5H,3-4,6H2,1-2H3. The number of hydrogen-bond donors (Lipinski definition) is 0. The van der Waals surface area contributed by atoms with Crippen molar-refractivity contribution in [2.45, 2.75) is 24.9 Å². The van der Waals surface area contributed by atoms with Crippen molar-refractivity contribution < 1.29 is 23.9 Å².